The third kappa shape index (κ3) is 3.44. The first kappa shape index (κ1) is 16.9. The summed E-state index contributed by atoms with van der Waals surface area (Å²) in [5.41, 5.74) is 7.29. The van der Waals surface area contributed by atoms with E-state index in [0.717, 1.165) is 37.3 Å². The van der Waals surface area contributed by atoms with Crippen LogP contribution in [0.2, 0.25) is 0 Å². The average molecular weight is 330 g/mol. The Morgan fingerprint density at radius 3 is 2.67 bits per heavy atom. The maximum Gasteiger partial charge on any atom is 0.250 e. The molecule has 1 aliphatic heterocycles. The number of fused-ring (bicyclic) bond motifs is 1. The number of H-pyrrole nitrogens is 1. The van der Waals surface area contributed by atoms with Gasteiger partial charge in [-0.1, -0.05) is 6.07 Å². The van der Waals surface area contributed by atoms with Crippen molar-refractivity contribution in [3.8, 4) is 0 Å². The van der Waals surface area contributed by atoms with E-state index in [2.05, 4.69) is 28.7 Å². The van der Waals surface area contributed by atoms with Crippen LogP contribution < -0.4 is 5.73 Å². The van der Waals surface area contributed by atoms with Gasteiger partial charge in [-0.15, -0.1) is 0 Å². The van der Waals surface area contributed by atoms with Gasteiger partial charge in [0.2, 0.25) is 0 Å². The van der Waals surface area contributed by atoms with Crippen LogP contribution >= 0.6 is 0 Å². The van der Waals surface area contributed by atoms with Crippen LogP contribution in [-0.4, -0.2) is 46.0 Å². The second-order valence-electron chi connectivity index (χ2n) is 6.80. The molecule has 3 rings (SSSR count). The average Bonchev–Trinajstić information content (AvgIpc) is 2.99. The fourth-order valence-electron chi connectivity index (χ4n) is 3.32. The number of aromatic amines is 1. The lowest BCUT2D eigenvalue weighted by Gasteiger charge is -2.35. The first-order chi connectivity index (χ1) is 11.5. The third-order valence-electron chi connectivity index (χ3n) is 4.78. The molecule has 6 nitrogen and oxygen atoms in total. The van der Waals surface area contributed by atoms with Crippen molar-refractivity contribution in [1.82, 2.24) is 14.9 Å². The number of benzene rings is 1. The normalized spacial score (nSPS) is 18.3. The lowest BCUT2D eigenvalue weighted by atomic mass is 10.1. The molecule has 1 fully saturated rings. The number of amides is 1. The Balaban J connectivity index is 1.70. The van der Waals surface area contributed by atoms with E-state index in [1.807, 2.05) is 13.0 Å². The maximum absolute atomic E-state index is 11.5. The predicted molar refractivity (Wildman–Crippen MR) is 93.8 cm³/mol. The Hall–Kier alpha value is -1.92. The van der Waals surface area contributed by atoms with Crippen molar-refractivity contribution < 1.29 is 9.53 Å². The summed E-state index contributed by atoms with van der Waals surface area (Å²) in [5, 5.41) is 0. The highest BCUT2D eigenvalue weighted by atomic mass is 16.5. The van der Waals surface area contributed by atoms with E-state index in [9.17, 15) is 4.79 Å². The number of primary amides is 1. The molecular formula is C18H26N4O2. The van der Waals surface area contributed by atoms with Crippen LogP contribution in [0.1, 0.15) is 55.9 Å². The fourth-order valence-corrected chi connectivity index (χ4v) is 3.32. The molecule has 1 aliphatic rings. The van der Waals surface area contributed by atoms with Crippen molar-refractivity contribution in [3.05, 3.63) is 29.6 Å². The largest absolute Gasteiger partial charge is 0.367 e. The SMILES string of the molecule is CC(OC1CCN(C(C)C)CC1)c1nc2c(C(N)=O)cccc2[nH]1. The van der Waals surface area contributed by atoms with Crippen LogP contribution in [0.25, 0.3) is 11.0 Å². The van der Waals surface area contributed by atoms with E-state index in [1.165, 1.54) is 0 Å². The second-order valence-corrected chi connectivity index (χ2v) is 6.80. The van der Waals surface area contributed by atoms with Gasteiger partial charge in [0.05, 0.1) is 17.2 Å². The van der Waals surface area contributed by atoms with Crippen molar-refractivity contribution in [1.29, 1.82) is 0 Å². The number of imidazole rings is 1. The number of aromatic nitrogens is 2. The van der Waals surface area contributed by atoms with Gasteiger partial charge < -0.3 is 20.4 Å². The number of para-hydroxylation sites is 1. The molecule has 1 amide bonds. The van der Waals surface area contributed by atoms with Crippen molar-refractivity contribution >= 4 is 16.9 Å². The molecule has 6 heteroatoms. The molecule has 2 aromatic rings. The van der Waals surface area contributed by atoms with Crippen molar-refractivity contribution in [2.45, 2.75) is 51.9 Å². The summed E-state index contributed by atoms with van der Waals surface area (Å²) >= 11 is 0. The van der Waals surface area contributed by atoms with Gasteiger partial charge in [-0.25, -0.2) is 4.98 Å². The molecule has 0 aliphatic carbocycles. The maximum atomic E-state index is 11.5. The fraction of sp³-hybridized carbons (Fsp3) is 0.556. The molecule has 0 spiro atoms. The lowest BCUT2D eigenvalue weighted by molar-refractivity contribution is -0.0427. The number of nitrogens with zero attached hydrogens (tertiary/aromatic N) is 2. The zero-order valence-corrected chi connectivity index (χ0v) is 14.6. The van der Waals surface area contributed by atoms with E-state index in [-0.39, 0.29) is 12.2 Å². The minimum Gasteiger partial charge on any atom is -0.367 e. The van der Waals surface area contributed by atoms with Crippen molar-refractivity contribution in [2.75, 3.05) is 13.1 Å². The summed E-state index contributed by atoms with van der Waals surface area (Å²) in [6.45, 7) is 8.60. The zero-order valence-electron chi connectivity index (χ0n) is 14.6. The number of nitrogens with one attached hydrogen (secondary N) is 1. The number of nitrogens with two attached hydrogens (primary N) is 1. The van der Waals surface area contributed by atoms with E-state index in [0.29, 0.717) is 17.1 Å². The molecule has 1 aromatic carbocycles. The Labute approximate surface area is 142 Å². The number of ether oxygens (including phenoxy) is 1. The molecule has 130 valence electrons. The molecule has 1 unspecified atom stereocenters. The molecule has 0 radical (unpaired) electrons. The van der Waals surface area contributed by atoms with E-state index in [1.54, 1.807) is 12.1 Å². The summed E-state index contributed by atoms with van der Waals surface area (Å²) in [6.07, 6.45) is 2.18. The van der Waals surface area contributed by atoms with Crippen LogP contribution in [-0.2, 0) is 4.74 Å². The van der Waals surface area contributed by atoms with Crippen molar-refractivity contribution in [2.24, 2.45) is 5.73 Å². The first-order valence-electron chi connectivity index (χ1n) is 8.63. The van der Waals surface area contributed by atoms with Gasteiger partial charge in [0, 0.05) is 19.1 Å². The number of likely N-dealkylation sites (tertiary alicyclic amines) is 1. The summed E-state index contributed by atoms with van der Waals surface area (Å²) in [5.74, 6) is 0.276. The quantitative estimate of drug-likeness (QED) is 0.882. The number of carbonyl (C=O) groups excluding carboxylic acids is 1. The topological polar surface area (TPSA) is 84.2 Å². The standard InChI is InChI=1S/C18H26N4O2/c1-11(2)22-9-7-13(8-10-22)24-12(3)18-20-15-6-4-5-14(17(19)23)16(15)21-18/h4-6,11-13H,7-10H2,1-3H3,(H2,19,23)(H,20,21). The second kappa shape index (κ2) is 6.91. The Morgan fingerprint density at radius 1 is 1.33 bits per heavy atom. The van der Waals surface area contributed by atoms with E-state index < -0.39 is 5.91 Å². The van der Waals surface area contributed by atoms with Gasteiger partial charge in [-0.2, -0.15) is 0 Å². The van der Waals surface area contributed by atoms with Gasteiger partial charge in [0.15, 0.2) is 0 Å². The summed E-state index contributed by atoms with van der Waals surface area (Å²) in [6, 6.07) is 5.98. The number of piperidine rings is 1. The molecule has 2 heterocycles. The Bertz CT molecular complexity index is 717. The number of carbonyl (C=O) groups is 1. The minimum atomic E-state index is -0.465. The van der Waals surface area contributed by atoms with Gasteiger partial charge in [-0.3, -0.25) is 4.79 Å². The molecule has 0 saturated carbocycles. The molecule has 1 saturated heterocycles. The smallest absolute Gasteiger partial charge is 0.250 e. The predicted octanol–water partition coefficient (Wildman–Crippen LogP) is 2.61. The third-order valence-corrected chi connectivity index (χ3v) is 4.78. The van der Waals surface area contributed by atoms with Gasteiger partial charge in [-0.05, 0) is 45.7 Å². The van der Waals surface area contributed by atoms with Crippen molar-refractivity contribution in [3.63, 3.8) is 0 Å². The minimum absolute atomic E-state index is 0.145. The Kier molecular flexibility index (Phi) is 4.87. The van der Waals surface area contributed by atoms with Crippen LogP contribution in [0.3, 0.4) is 0 Å². The molecule has 24 heavy (non-hydrogen) atoms. The molecule has 1 atom stereocenters. The van der Waals surface area contributed by atoms with Crippen LogP contribution in [0.4, 0.5) is 0 Å². The monoisotopic (exact) mass is 330 g/mol. The molecular weight excluding hydrogens is 304 g/mol. The van der Waals surface area contributed by atoms with E-state index >= 15 is 0 Å². The van der Waals surface area contributed by atoms with E-state index in [4.69, 9.17) is 10.5 Å². The number of rotatable bonds is 5. The van der Waals surface area contributed by atoms with Gasteiger partial charge in [0.1, 0.15) is 17.4 Å². The number of hydrogen-bond acceptors (Lipinski definition) is 4. The highest BCUT2D eigenvalue weighted by molar-refractivity contribution is 6.04. The highest BCUT2D eigenvalue weighted by Crippen LogP contribution is 2.25. The summed E-state index contributed by atoms with van der Waals surface area (Å²) < 4.78 is 6.20. The molecule has 0 bridgehead atoms. The van der Waals surface area contributed by atoms with Gasteiger partial charge >= 0.3 is 0 Å². The molecule has 1 aromatic heterocycles. The zero-order chi connectivity index (χ0) is 17.3. The highest BCUT2D eigenvalue weighted by Gasteiger charge is 2.24. The summed E-state index contributed by atoms with van der Waals surface area (Å²) in [4.78, 5) is 21.8. The Morgan fingerprint density at radius 2 is 2.04 bits per heavy atom. The van der Waals surface area contributed by atoms with Crippen LogP contribution in [0, 0.1) is 0 Å². The number of hydrogen-bond donors (Lipinski definition) is 2. The van der Waals surface area contributed by atoms with Gasteiger partial charge in [0.25, 0.3) is 5.91 Å². The van der Waals surface area contributed by atoms with Crippen LogP contribution in [0.5, 0.6) is 0 Å². The molecule has 3 N–H and O–H groups in total. The first-order valence-corrected chi connectivity index (χ1v) is 8.63. The summed E-state index contributed by atoms with van der Waals surface area (Å²) in [7, 11) is 0. The lowest BCUT2D eigenvalue weighted by Crippen LogP contribution is -2.41. The van der Waals surface area contributed by atoms with Crippen LogP contribution in [0.15, 0.2) is 18.2 Å².